The van der Waals surface area contributed by atoms with E-state index in [2.05, 4.69) is 15.6 Å². The van der Waals surface area contributed by atoms with Gasteiger partial charge in [0.1, 0.15) is 5.75 Å². The van der Waals surface area contributed by atoms with Crippen LogP contribution in [0.5, 0.6) is 5.75 Å². The van der Waals surface area contributed by atoms with Crippen LogP contribution in [-0.4, -0.2) is 23.4 Å². The van der Waals surface area contributed by atoms with Crippen LogP contribution in [0.4, 0.5) is 18.3 Å². The molecule has 0 fully saturated rings. The molecule has 6 nitrogen and oxygen atoms in total. The van der Waals surface area contributed by atoms with Gasteiger partial charge in [-0.3, -0.25) is 14.9 Å². The molecule has 1 atom stereocenters. The number of aromatic nitrogens is 1. The third-order valence-corrected chi connectivity index (χ3v) is 5.17. The number of carbonyl (C=O) groups is 2. The number of hydrogen-bond donors (Lipinski definition) is 2. The quantitative estimate of drug-likeness (QED) is 0.514. The summed E-state index contributed by atoms with van der Waals surface area (Å²) in [7, 11) is 0. The smallest absolute Gasteiger partial charge is 0.416 e. The van der Waals surface area contributed by atoms with Crippen molar-refractivity contribution in [3.8, 4) is 17.0 Å². The predicted octanol–water partition coefficient (Wildman–Crippen LogP) is 5.04. The summed E-state index contributed by atoms with van der Waals surface area (Å²) in [5.41, 5.74) is 1.58. The number of rotatable bonds is 7. The maximum absolute atomic E-state index is 12.7. The van der Waals surface area contributed by atoms with Gasteiger partial charge in [-0.15, -0.1) is 11.3 Å². The van der Waals surface area contributed by atoms with Crippen molar-refractivity contribution in [2.24, 2.45) is 0 Å². The number of amides is 2. The molecule has 1 heterocycles. The zero-order valence-corrected chi connectivity index (χ0v) is 18.0. The standard InChI is InChI=1S/C22H20F3N3O3S/c1-13(26-14(2)29)15-6-8-16(9-7-15)19-12-32-21(27-19)28-20(30)11-31-18-5-3-4-17(10-18)22(23,24)25/h3-10,12-13H,11H2,1-2H3,(H,26,29)(H,27,28,30). The molecule has 2 aromatic carbocycles. The van der Waals surface area contributed by atoms with Crippen LogP contribution in [0.1, 0.15) is 31.0 Å². The van der Waals surface area contributed by atoms with Gasteiger partial charge in [0.15, 0.2) is 11.7 Å². The maximum atomic E-state index is 12.7. The number of carbonyl (C=O) groups excluding carboxylic acids is 2. The highest BCUT2D eigenvalue weighted by molar-refractivity contribution is 7.14. The molecular formula is C22H20F3N3O3S. The first kappa shape index (κ1) is 23.3. The summed E-state index contributed by atoms with van der Waals surface area (Å²) in [6.45, 7) is 2.89. The Balaban J connectivity index is 1.57. The van der Waals surface area contributed by atoms with Crippen LogP contribution < -0.4 is 15.4 Å². The fourth-order valence-corrected chi connectivity index (χ4v) is 3.60. The summed E-state index contributed by atoms with van der Waals surface area (Å²) in [6, 6.07) is 11.7. The van der Waals surface area contributed by atoms with Crippen molar-refractivity contribution in [1.29, 1.82) is 0 Å². The zero-order chi connectivity index (χ0) is 23.3. The second-order valence-electron chi connectivity index (χ2n) is 6.94. The van der Waals surface area contributed by atoms with E-state index < -0.39 is 24.3 Å². The Hall–Kier alpha value is -3.40. The Labute approximate surface area is 186 Å². The van der Waals surface area contributed by atoms with Gasteiger partial charge in [-0.25, -0.2) is 4.98 Å². The summed E-state index contributed by atoms with van der Waals surface area (Å²) < 4.78 is 43.4. The lowest BCUT2D eigenvalue weighted by atomic mass is 10.1. The number of thiazole rings is 1. The van der Waals surface area contributed by atoms with Crippen LogP contribution in [0.2, 0.25) is 0 Å². The van der Waals surface area contributed by atoms with Gasteiger partial charge in [0.2, 0.25) is 5.91 Å². The van der Waals surface area contributed by atoms with Crippen molar-refractivity contribution in [2.45, 2.75) is 26.1 Å². The minimum atomic E-state index is -4.49. The Morgan fingerprint density at radius 3 is 2.53 bits per heavy atom. The molecule has 1 aromatic heterocycles. The van der Waals surface area contributed by atoms with Crippen molar-refractivity contribution in [3.63, 3.8) is 0 Å². The van der Waals surface area contributed by atoms with Crippen molar-refractivity contribution in [2.75, 3.05) is 11.9 Å². The average Bonchev–Trinajstić information content (AvgIpc) is 3.20. The van der Waals surface area contributed by atoms with Gasteiger partial charge in [0.05, 0.1) is 17.3 Å². The van der Waals surface area contributed by atoms with E-state index in [0.717, 1.165) is 23.3 Å². The summed E-state index contributed by atoms with van der Waals surface area (Å²) in [5, 5.41) is 7.50. The minimum Gasteiger partial charge on any atom is -0.484 e. The van der Waals surface area contributed by atoms with Crippen LogP contribution in [0, 0.1) is 0 Å². The molecular weight excluding hydrogens is 443 g/mol. The Kier molecular flexibility index (Phi) is 7.14. The molecule has 3 rings (SSSR count). The number of ether oxygens (including phenoxy) is 1. The maximum Gasteiger partial charge on any atom is 0.416 e. The molecule has 0 spiro atoms. The molecule has 168 valence electrons. The van der Waals surface area contributed by atoms with E-state index in [9.17, 15) is 22.8 Å². The topological polar surface area (TPSA) is 80.3 Å². The molecule has 0 aliphatic rings. The van der Waals surface area contributed by atoms with Crippen LogP contribution in [0.15, 0.2) is 53.9 Å². The van der Waals surface area contributed by atoms with E-state index in [4.69, 9.17) is 4.74 Å². The molecule has 0 saturated carbocycles. The third-order valence-electron chi connectivity index (χ3n) is 4.41. The first-order valence-corrected chi connectivity index (χ1v) is 10.4. The molecule has 0 bridgehead atoms. The Bertz CT molecular complexity index is 1100. The van der Waals surface area contributed by atoms with Gasteiger partial charge in [0, 0.05) is 17.9 Å². The second-order valence-corrected chi connectivity index (χ2v) is 7.80. The molecule has 0 saturated heterocycles. The van der Waals surface area contributed by atoms with E-state index in [1.807, 2.05) is 31.2 Å². The number of halogens is 3. The molecule has 2 amide bonds. The highest BCUT2D eigenvalue weighted by Crippen LogP contribution is 2.31. The second kappa shape index (κ2) is 9.82. The summed E-state index contributed by atoms with van der Waals surface area (Å²) in [6.07, 6.45) is -4.49. The monoisotopic (exact) mass is 463 g/mol. The van der Waals surface area contributed by atoms with Crippen molar-refractivity contribution >= 4 is 28.3 Å². The fourth-order valence-electron chi connectivity index (χ4n) is 2.86. The third kappa shape index (κ3) is 6.30. The average molecular weight is 463 g/mol. The normalized spacial score (nSPS) is 12.2. The predicted molar refractivity (Wildman–Crippen MR) is 115 cm³/mol. The van der Waals surface area contributed by atoms with Crippen LogP contribution in [-0.2, 0) is 15.8 Å². The molecule has 0 aliphatic carbocycles. The van der Waals surface area contributed by atoms with E-state index in [1.165, 1.54) is 30.4 Å². The van der Waals surface area contributed by atoms with Gasteiger partial charge >= 0.3 is 6.18 Å². The Morgan fingerprint density at radius 2 is 1.88 bits per heavy atom. The molecule has 32 heavy (non-hydrogen) atoms. The SMILES string of the molecule is CC(=O)NC(C)c1ccc(-c2csc(NC(=O)COc3cccc(C(F)(F)F)c3)n2)cc1. The number of nitrogens with zero attached hydrogens (tertiary/aromatic N) is 1. The van der Waals surface area contributed by atoms with Gasteiger partial charge in [-0.1, -0.05) is 30.3 Å². The summed E-state index contributed by atoms with van der Waals surface area (Å²) >= 11 is 1.21. The number of hydrogen-bond acceptors (Lipinski definition) is 5. The first-order chi connectivity index (χ1) is 15.1. The fraction of sp³-hybridized carbons (Fsp3) is 0.227. The van der Waals surface area contributed by atoms with Crippen LogP contribution >= 0.6 is 11.3 Å². The summed E-state index contributed by atoms with van der Waals surface area (Å²) in [5.74, 6) is -0.704. The summed E-state index contributed by atoms with van der Waals surface area (Å²) in [4.78, 5) is 27.6. The number of anilines is 1. The van der Waals surface area contributed by atoms with Crippen molar-refractivity contribution < 1.29 is 27.5 Å². The Morgan fingerprint density at radius 1 is 1.16 bits per heavy atom. The van der Waals surface area contributed by atoms with Crippen LogP contribution in [0.25, 0.3) is 11.3 Å². The van der Waals surface area contributed by atoms with Gasteiger partial charge in [-0.2, -0.15) is 13.2 Å². The number of alkyl halides is 3. The van der Waals surface area contributed by atoms with Gasteiger partial charge in [0.25, 0.3) is 5.91 Å². The lowest BCUT2D eigenvalue weighted by Crippen LogP contribution is -2.23. The van der Waals surface area contributed by atoms with Gasteiger partial charge < -0.3 is 10.1 Å². The van der Waals surface area contributed by atoms with E-state index >= 15 is 0 Å². The lowest BCUT2D eigenvalue weighted by Gasteiger charge is -2.13. The molecule has 3 aromatic rings. The van der Waals surface area contributed by atoms with E-state index in [1.54, 1.807) is 5.38 Å². The molecule has 0 radical (unpaired) electrons. The first-order valence-electron chi connectivity index (χ1n) is 9.54. The van der Waals surface area contributed by atoms with Crippen molar-refractivity contribution in [3.05, 3.63) is 65.0 Å². The molecule has 2 N–H and O–H groups in total. The lowest BCUT2D eigenvalue weighted by molar-refractivity contribution is -0.137. The number of nitrogens with one attached hydrogen (secondary N) is 2. The zero-order valence-electron chi connectivity index (χ0n) is 17.2. The molecule has 0 aliphatic heterocycles. The van der Waals surface area contributed by atoms with Gasteiger partial charge in [-0.05, 0) is 30.7 Å². The molecule has 1 unspecified atom stereocenters. The highest BCUT2D eigenvalue weighted by atomic mass is 32.1. The van der Waals surface area contributed by atoms with Crippen LogP contribution in [0.3, 0.4) is 0 Å². The molecule has 10 heteroatoms. The highest BCUT2D eigenvalue weighted by Gasteiger charge is 2.30. The van der Waals surface area contributed by atoms with E-state index in [-0.39, 0.29) is 17.7 Å². The van der Waals surface area contributed by atoms with E-state index in [0.29, 0.717) is 10.8 Å². The van der Waals surface area contributed by atoms with Crippen molar-refractivity contribution in [1.82, 2.24) is 10.3 Å². The minimum absolute atomic E-state index is 0.0524. The largest absolute Gasteiger partial charge is 0.484 e. The number of benzene rings is 2.